The number of benzene rings is 1. The van der Waals surface area contributed by atoms with E-state index in [2.05, 4.69) is 35.4 Å². The third-order valence-corrected chi connectivity index (χ3v) is 3.42. The normalized spacial score (nSPS) is 12.2. The van der Waals surface area contributed by atoms with Crippen LogP contribution >= 0.6 is 0 Å². The van der Waals surface area contributed by atoms with Crippen LogP contribution in [-0.2, 0) is 6.54 Å². The lowest BCUT2D eigenvalue weighted by molar-refractivity contribution is 0.396. The molecule has 2 aromatic rings. The van der Waals surface area contributed by atoms with E-state index in [4.69, 9.17) is 4.74 Å². The van der Waals surface area contributed by atoms with Gasteiger partial charge in [0.15, 0.2) is 0 Å². The van der Waals surface area contributed by atoms with Crippen LogP contribution in [0.2, 0.25) is 0 Å². The number of rotatable bonds is 6. The summed E-state index contributed by atoms with van der Waals surface area (Å²) in [6.07, 6.45) is 2.91. The molecule has 0 saturated carbocycles. The van der Waals surface area contributed by atoms with E-state index in [1.165, 1.54) is 11.1 Å². The number of hydrogen-bond donors (Lipinski definition) is 1. The van der Waals surface area contributed by atoms with Crippen LogP contribution in [0, 0.1) is 6.92 Å². The van der Waals surface area contributed by atoms with Gasteiger partial charge in [0, 0.05) is 24.3 Å². The average Bonchev–Trinajstić information content (AvgIpc) is 2.50. The first-order valence-electron chi connectivity index (χ1n) is 7.02. The smallest absolute Gasteiger partial charge is 0.123 e. The molecule has 3 heteroatoms. The zero-order valence-corrected chi connectivity index (χ0v) is 12.4. The SMILES string of the molecule is CC[C@H](NCc1ccc(C)cn1)c1ccccc1OC. The van der Waals surface area contributed by atoms with Gasteiger partial charge in [0.1, 0.15) is 5.75 Å². The molecule has 106 valence electrons. The van der Waals surface area contributed by atoms with Gasteiger partial charge in [-0.25, -0.2) is 0 Å². The van der Waals surface area contributed by atoms with E-state index in [0.29, 0.717) is 0 Å². The minimum atomic E-state index is 0.272. The summed E-state index contributed by atoms with van der Waals surface area (Å²) in [7, 11) is 1.72. The van der Waals surface area contributed by atoms with Gasteiger partial charge in [0.2, 0.25) is 0 Å². The van der Waals surface area contributed by atoms with Gasteiger partial charge in [-0.2, -0.15) is 0 Å². The Morgan fingerprint density at radius 1 is 1.20 bits per heavy atom. The van der Waals surface area contributed by atoms with Crippen LogP contribution in [0.4, 0.5) is 0 Å². The van der Waals surface area contributed by atoms with Crippen LogP contribution in [0.15, 0.2) is 42.6 Å². The number of para-hydroxylation sites is 1. The first kappa shape index (κ1) is 14.5. The number of nitrogens with one attached hydrogen (secondary N) is 1. The van der Waals surface area contributed by atoms with Crippen LogP contribution in [0.1, 0.15) is 36.2 Å². The lowest BCUT2D eigenvalue weighted by Gasteiger charge is -2.19. The fourth-order valence-corrected chi connectivity index (χ4v) is 2.26. The molecule has 0 unspecified atom stereocenters. The van der Waals surface area contributed by atoms with Crippen LogP contribution < -0.4 is 10.1 Å². The lowest BCUT2D eigenvalue weighted by atomic mass is 10.0. The minimum Gasteiger partial charge on any atom is -0.496 e. The van der Waals surface area contributed by atoms with Gasteiger partial charge in [-0.15, -0.1) is 0 Å². The Kier molecular flexibility index (Phi) is 5.13. The summed E-state index contributed by atoms with van der Waals surface area (Å²) >= 11 is 0. The molecule has 0 fully saturated rings. The third-order valence-electron chi connectivity index (χ3n) is 3.42. The van der Waals surface area contributed by atoms with Crippen molar-refractivity contribution in [1.29, 1.82) is 0 Å². The highest BCUT2D eigenvalue weighted by molar-refractivity contribution is 5.35. The van der Waals surface area contributed by atoms with Crippen molar-refractivity contribution in [2.75, 3.05) is 7.11 Å². The third kappa shape index (κ3) is 3.58. The summed E-state index contributed by atoms with van der Waals surface area (Å²) < 4.78 is 5.44. The Morgan fingerprint density at radius 2 is 2.00 bits per heavy atom. The maximum atomic E-state index is 5.44. The van der Waals surface area contributed by atoms with E-state index < -0.39 is 0 Å². The maximum absolute atomic E-state index is 5.44. The molecule has 0 bridgehead atoms. The van der Waals surface area contributed by atoms with Crippen molar-refractivity contribution >= 4 is 0 Å². The van der Waals surface area contributed by atoms with Gasteiger partial charge in [-0.3, -0.25) is 4.98 Å². The van der Waals surface area contributed by atoms with E-state index in [1.54, 1.807) is 7.11 Å². The first-order valence-corrected chi connectivity index (χ1v) is 7.02. The van der Waals surface area contributed by atoms with Crippen molar-refractivity contribution in [3.8, 4) is 5.75 Å². The molecule has 1 heterocycles. The molecule has 0 aliphatic carbocycles. The number of pyridine rings is 1. The number of aromatic nitrogens is 1. The molecule has 2 rings (SSSR count). The zero-order valence-electron chi connectivity index (χ0n) is 12.4. The molecule has 0 amide bonds. The maximum Gasteiger partial charge on any atom is 0.123 e. The van der Waals surface area contributed by atoms with Crippen molar-refractivity contribution in [1.82, 2.24) is 10.3 Å². The first-order chi connectivity index (χ1) is 9.74. The molecular formula is C17H22N2O. The van der Waals surface area contributed by atoms with Crippen molar-refractivity contribution in [3.63, 3.8) is 0 Å². The molecule has 20 heavy (non-hydrogen) atoms. The fourth-order valence-electron chi connectivity index (χ4n) is 2.26. The molecule has 3 nitrogen and oxygen atoms in total. The second-order valence-electron chi connectivity index (χ2n) is 4.91. The summed E-state index contributed by atoms with van der Waals surface area (Å²) in [6, 6.07) is 12.6. The largest absolute Gasteiger partial charge is 0.496 e. The minimum absolute atomic E-state index is 0.272. The fraction of sp³-hybridized carbons (Fsp3) is 0.353. The monoisotopic (exact) mass is 270 g/mol. The van der Waals surface area contributed by atoms with Crippen LogP contribution in [-0.4, -0.2) is 12.1 Å². The van der Waals surface area contributed by atoms with Gasteiger partial charge in [-0.05, 0) is 31.0 Å². The van der Waals surface area contributed by atoms with Crippen molar-refractivity contribution in [2.24, 2.45) is 0 Å². The number of nitrogens with zero attached hydrogens (tertiary/aromatic N) is 1. The zero-order chi connectivity index (χ0) is 14.4. The summed E-state index contributed by atoms with van der Waals surface area (Å²) in [6.45, 7) is 4.98. The van der Waals surface area contributed by atoms with Crippen LogP contribution in [0.5, 0.6) is 5.75 Å². The quantitative estimate of drug-likeness (QED) is 0.870. The van der Waals surface area contributed by atoms with Gasteiger partial charge < -0.3 is 10.1 Å². The van der Waals surface area contributed by atoms with E-state index in [1.807, 2.05) is 31.3 Å². The summed E-state index contributed by atoms with van der Waals surface area (Å²) in [5, 5.41) is 3.55. The van der Waals surface area contributed by atoms with Gasteiger partial charge >= 0.3 is 0 Å². The predicted octanol–water partition coefficient (Wildman–Crippen LogP) is 3.64. The van der Waals surface area contributed by atoms with Crippen molar-refractivity contribution in [3.05, 3.63) is 59.4 Å². The van der Waals surface area contributed by atoms with E-state index in [-0.39, 0.29) is 6.04 Å². The highest BCUT2D eigenvalue weighted by atomic mass is 16.5. The van der Waals surface area contributed by atoms with E-state index >= 15 is 0 Å². The molecule has 0 radical (unpaired) electrons. The van der Waals surface area contributed by atoms with Gasteiger partial charge in [0.25, 0.3) is 0 Å². The second-order valence-corrected chi connectivity index (χ2v) is 4.91. The lowest BCUT2D eigenvalue weighted by Crippen LogP contribution is -2.21. The average molecular weight is 270 g/mol. The summed E-state index contributed by atoms with van der Waals surface area (Å²) in [5.74, 6) is 0.934. The Bertz CT molecular complexity index is 537. The highest BCUT2D eigenvalue weighted by Crippen LogP contribution is 2.26. The molecule has 0 saturated heterocycles. The standard InChI is InChI=1S/C17H22N2O/c1-4-16(15-7-5-6-8-17(15)20-3)19-12-14-10-9-13(2)11-18-14/h5-11,16,19H,4,12H2,1-3H3/t16-/m0/s1. The summed E-state index contributed by atoms with van der Waals surface area (Å²) in [5.41, 5.74) is 3.44. The molecular weight excluding hydrogens is 248 g/mol. The van der Waals surface area contributed by atoms with Crippen LogP contribution in [0.3, 0.4) is 0 Å². The molecule has 0 aliphatic heterocycles. The van der Waals surface area contributed by atoms with Crippen LogP contribution in [0.25, 0.3) is 0 Å². The van der Waals surface area contributed by atoms with Crippen molar-refractivity contribution < 1.29 is 4.74 Å². The Hall–Kier alpha value is -1.87. The van der Waals surface area contributed by atoms with E-state index in [9.17, 15) is 0 Å². The number of methoxy groups -OCH3 is 1. The predicted molar refractivity (Wildman–Crippen MR) is 81.8 cm³/mol. The molecule has 0 spiro atoms. The summed E-state index contributed by atoms with van der Waals surface area (Å²) in [4.78, 5) is 4.43. The molecule has 1 atom stereocenters. The Balaban J connectivity index is 2.07. The van der Waals surface area contributed by atoms with Gasteiger partial charge in [-0.1, -0.05) is 31.2 Å². The number of ether oxygens (including phenoxy) is 1. The van der Waals surface area contributed by atoms with Gasteiger partial charge in [0.05, 0.1) is 12.8 Å². The highest BCUT2D eigenvalue weighted by Gasteiger charge is 2.13. The molecule has 1 aromatic carbocycles. The Morgan fingerprint density at radius 3 is 2.65 bits per heavy atom. The van der Waals surface area contributed by atoms with E-state index in [0.717, 1.165) is 24.4 Å². The second kappa shape index (κ2) is 7.06. The molecule has 1 N–H and O–H groups in total. The number of aryl methyl sites for hydroxylation is 1. The topological polar surface area (TPSA) is 34.2 Å². The number of hydrogen-bond acceptors (Lipinski definition) is 3. The molecule has 1 aromatic heterocycles. The molecule has 0 aliphatic rings. The Labute approximate surface area is 121 Å². The van der Waals surface area contributed by atoms with Crippen molar-refractivity contribution in [2.45, 2.75) is 32.9 Å².